The van der Waals surface area contributed by atoms with E-state index in [-0.39, 0.29) is 11.8 Å². The third-order valence-electron chi connectivity index (χ3n) is 4.46. The van der Waals surface area contributed by atoms with Gasteiger partial charge in [0, 0.05) is 25.2 Å². The highest BCUT2D eigenvalue weighted by molar-refractivity contribution is 5.29. The number of likely N-dealkylation sites (N-methyl/N-ethyl adjacent to an activating group) is 1. The van der Waals surface area contributed by atoms with Crippen LogP contribution in [0.3, 0.4) is 0 Å². The van der Waals surface area contributed by atoms with E-state index in [9.17, 15) is 13.2 Å². The van der Waals surface area contributed by atoms with E-state index in [0.29, 0.717) is 6.04 Å². The molecule has 1 aliphatic heterocycles. The average molecular weight is 316 g/mol. The molecule has 124 valence electrons. The van der Waals surface area contributed by atoms with Crippen LogP contribution in [0.4, 0.5) is 13.2 Å². The van der Waals surface area contributed by atoms with Crippen molar-refractivity contribution in [1.29, 1.82) is 0 Å². The number of alkyl halides is 3. The van der Waals surface area contributed by atoms with Gasteiger partial charge in [-0.2, -0.15) is 0 Å². The van der Waals surface area contributed by atoms with Crippen LogP contribution in [0, 0.1) is 0 Å². The number of halogens is 3. The van der Waals surface area contributed by atoms with Crippen LogP contribution in [-0.2, 0) is 0 Å². The molecule has 2 atom stereocenters. The minimum absolute atomic E-state index is 0.173. The summed E-state index contributed by atoms with van der Waals surface area (Å²) in [4.78, 5) is 4.71. The maximum atomic E-state index is 12.2. The summed E-state index contributed by atoms with van der Waals surface area (Å²) < 4.78 is 40.4. The molecule has 2 rings (SSSR count). The van der Waals surface area contributed by atoms with Crippen molar-refractivity contribution >= 4 is 0 Å². The lowest BCUT2D eigenvalue weighted by Crippen LogP contribution is -2.35. The molecular formula is C16H23F3N2O. The average Bonchev–Trinajstić information content (AvgIpc) is 2.94. The Labute approximate surface area is 129 Å². The summed E-state index contributed by atoms with van der Waals surface area (Å²) >= 11 is 0. The van der Waals surface area contributed by atoms with Crippen molar-refractivity contribution in [3.8, 4) is 5.75 Å². The molecule has 1 saturated heterocycles. The molecule has 0 N–H and O–H groups in total. The third-order valence-corrected chi connectivity index (χ3v) is 4.46. The first-order valence-electron chi connectivity index (χ1n) is 7.60. The van der Waals surface area contributed by atoms with Crippen molar-refractivity contribution in [2.75, 3.05) is 26.7 Å². The van der Waals surface area contributed by atoms with Crippen LogP contribution in [0.2, 0.25) is 0 Å². The van der Waals surface area contributed by atoms with E-state index in [4.69, 9.17) is 0 Å². The Balaban J connectivity index is 1.97. The molecule has 1 aromatic carbocycles. The Kier molecular flexibility index (Phi) is 5.34. The van der Waals surface area contributed by atoms with Crippen LogP contribution in [0.5, 0.6) is 5.75 Å². The van der Waals surface area contributed by atoms with E-state index in [0.717, 1.165) is 31.6 Å². The van der Waals surface area contributed by atoms with Crippen LogP contribution < -0.4 is 4.74 Å². The van der Waals surface area contributed by atoms with Gasteiger partial charge < -0.3 is 9.64 Å². The fourth-order valence-electron chi connectivity index (χ4n) is 2.90. The molecule has 1 aliphatic rings. The van der Waals surface area contributed by atoms with Crippen molar-refractivity contribution in [3.05, 3.63) is 29.8 Å². The lowest BCUT2D eigenvalue weighted by Gasteiger charge is -2.27. The smallest absolute Gasteiger partial charge is 0.406 e. The largest absolute Gasteiger partial charge is 0.573 e. The van der Waals surface area contributed by atoms with E-state index < -0.39 is 6.36 Å². The molecule has 6 heteroatoms. The van der Waals surface area contributed by atoms with Gasteiger partial charge in [0.25, 0.3) is 0 Å². The van der Waals surface area contributed by atoms with Crippen molar-refractivity contribution in [2.45, 2.75) is 38.7 Å². The zero-order valence-corrected chi connectivity index (χ0v) is 13.2. The SMILES string of the molecule is CCN(C)[C@@H]1CCN([C@H](C)c2ccc(OC(F)(F)F)cc2)C1. The van der Waals surface area contributed by atoms with Crippen LogP contribution in [0.1, 0.15) is 31.9 Å². The molecule has 3 nitrogen and oxygen atoms in total. The van der Waals surface area contributed by atoms with E-state index in [1.807, 2.05) is 0 Å². The fourth-order valence-corrected chi connectivity index (χ4v) is 2.90. The van der Waals surface area contributed by atoms with Crippen molar-refractivity contribution in [1.82, 2.24) is 9.80 Å². The molecule has 22 heavy (non-hydrogen) atoms. The molecule has 0 spiro atoms. The highest BCUT2D eigenvalue weighted by Crippen LogP contribution is 2.29. The second-order valence-electron chi connectivity index (χ2n) is 5.80. The molecule has 0 unspecified atom stereocenters. The first kappa shape index (κ1) is 17.1. The Morgan fingerprint density at radius 3 is 2.50 bits per heavy atom. The van der Waals surface area contributed by atoms with Gasteiger partial charge in [0.2, 0.25) is 0 Å². The summed E-state index contributed by atoms with van der Waals surface area (Å²) in [6.07, 6.45) is -3.51. The maximum Gasteiger partial charge on any atom is 0.573 e. The number of benzene rings is 1. The van der Waals surface area contributed by atoms with Gasteiger partial charge >= 0.3 is 6.36 Å². The number of hydrogen-bond acceptors (Lipinski definition) is 3. The van der Waals surface area contributed by atoms with E-state index in [2.05, 4.69) is 35.4 Å². The standard InChI is InChI=1S/C16H23F3N2O/c1-4-20(3)14-9-10-21(11-14)12(2)13-5-7-15(8-6-13)22-16(17,18)19/h5-8,12,14H,4,9-11H2,1-3H3/t12-,14-/m1/s1. The summed E-state index contributed by atoms with van der Waals surface area (Å²) in [5, 5.41) is 0. The van der Waals surface area contributed by atoms with E-state index >= 15 is 0 Å². The summed E-state index contributed by atoms with van der Waals surface area (Å²) in [5.41, 5.74) is 1.01. The first-order chi connectivity index (χ1) is 10.3. The fraction of sp³-hybridized carbons (Fsp3) is 0.625. The zero-order valence-electron chi connectivity index (χ0n) is 13.2. The maximum absolute atomic E-state index is 12.2. The molecule has 0 aromatic heterocycles. The monoisotopic (exact) mass is 316 g/mol. The Morgan fingerprint density at radius 2 is 1.95 bits per heavy atom. The minimum atomic E-state index is -4.64. The first-order valence-corrected chi connectivity index (χ1v) is 7.60. The lowest BCUT2D eigenvalue weighted by atomic mass is 10.1. The molecule has 1 heterocycles. The number of rotatable bonds is 5. The van der Waals surface area contributed by atoms with Crippen molar-refractivity contribution in [2.24, 2.45) is 0 Å². The quantitative estimate of drug-likeness (QED) is 0.824. The van der Waals surface area contributed by atoms with Gasteiger partial charge in [0.15, 0.2) is 0 Å². The van der Waals surface area contributed by atoms with Gasteiger partial charge in [0.1, 0.15) is 5.75 Å². The summed E-state index contributed by atoms with van der Waals surface area (Å²) in [6, 6.07) is 6.93. The van der Waals surface area contributed by atoms with Gasteiger partial charge in [0.05, 0.1) is 0 Å². The number of likely N-dealkylation sites (tertiary alicyclic amines) is 1. The normalized spacial score (nSPS) is 21.3. The summed E-state index contributed by atoms with van der Waals surface area (Å²) in [6.45, 7) is 7.26. The van der Waals surface area contributed by atoms with Crippen molar-refractivity contribution in [3.63, 3.8) is 0 Å². The topological polar surface area (TPSA) is 15.7 Å². The molecule has 0 saturated carbocycles. The second kappa shape index (κ2) is 6.87. The molecule has 0 radical (unpaired) electrons. The minimum Gasteiger partial charge on any atom is -0.406 e. The molecule has 1 aromatic rings. The molecule has 0 bridgehead atoms. The van der Waals surface area contributed by atoms with Gasteiger partial charge in [-0.25, -0.2) is 0 Å². The van der Waals surface area contributed by atoms with Crippen LogP contribution in [0.15, 0.2) is 24.3 Å². The van der Waals surface area contributed by atoms with Gasteiger partial charge in [-0.1, -0.05) is 19.1 Å². The Hall–Kier alpha value is -1.27. The molecule has 1 fully saturated rings. The number of nitrogens with zero attached hydrogens (tertiary/aromatic N) is 2. The van der Waals surface area contributed by atoms with E-state index in [1.165, 1.54) is 12.1 Å². The molecule has 0 aliphatic carbocycles. The van der Waals surface area contributed by atoms with Gasteiger partial charge in [-0.05, 0) is 44.6 Å². The predicted octanol–water partition coefficient (Wildman–Crippen LogP) is 3.67. The summed E-state index contributed by atoms with van der Waals surface area (Å²) in [7, 11) is 2.13. The molecule has 0 amide bonds. The van der Waals surface area contributed by atoms with Crippen molar-refractivity contribution < 1.29 is 17.9 Å². The number of ether oxygens (including phenoxy) is 1. The van der Waals surface area contributed by atoms with Crippen LogP contribution in [0.25, 0.3) is 0 Å². The zero-order chi connectivity index (χ0) is 16.3. The molecular weight excluding hydrogens is 293 g/mol. The third kappa shape index (κ3) is 4.36. The van der Waals surface area contributed by atoms with Crippen LogP contribution >= 0.6 is 0 Å². The highest BCUT2D eigenvalue weighted by Gasteiger charge is 2.31. The lowest BCUT2D eigenvalue weighted by molar-refractivity contribution is -0.274. The summed E-state index contributed by atoms with van der Waals surface area (Å²) in [5.74, 6) is -0.173. The van der Waals surface area contributed by atoms with Crippen LogP contribution in [-0.4, -0.2) is 48.9 Å². The van der Waals surface area contributed by atoms with E-state index in [1.54, 1.807) is 12.1 Å². The Morgan fingerprint density at radius 1 is 1.32 bits per heavy atom. The number of hydrogen-bond donors (Lipinski definition) is 0. The Bertz CT molecular complexity index is 475. The predicted molar refractivity (Wildman–Crippen MR) is 79.8 cm³/mol. The van der Waals surface area contributed by atoms with Gasteiger partial charge in [-0.15, -0.1) is 13.2 Å². The highest BCUT2D eigenvalue weighted by atomic mass is 19.4. The second-order valence-corrected chi connectivity index (χ2v) is 5.80. The van der Waals surface area contributed by atoms with Gasteiger partial charge in [-0.3, -0.25) is 4.90 Å².